The number of pyridine rings is 1. The second-order valence-corrected chi connectivity index (χ2v) is 5.20. The molecule has 3 heterocycles. The standard InChI is InChI=1S/C14H18N4O2/c15-7-10-1-2-13(17-14(10)16)18-5-3-11(4-6-18)20-12-8-19-9-12/h1-2,11-12H,3-6,8-9H2,(H2,16,17). The lowest BCUT2D eigenvalue weighted by Crippen LogP contribution is -2.44. The number of nitrogens with zero attached hydrogens (tertiary/aromatic N) is 3. The highest BCUT2D eigenvalue weighted by molar-refractivity contribution is 5.54. The number of piperidine rings is 1. The first-order valence-electron chi connectivity index (χ1n) is 6.91. The van der Waals surface area contributed by atoms with E-state index in [-0.39, 0.29) is 6.10 Å². The van der Waals surface area contributed by atoms with Gasteiger partial charge in [-0.2, -0.15) is 5.26 Å². The number of anilines is 2. The van der Waals surface area contributed by atoms with Gasteiger partial charge in [0, 0.05) is 13.1 Å². The number of nitrogen functional groups attached to an aromatic ring is 1. The molecule has 3 rings (SSSR count). The Bertz CT molecular complexity index is 516. The summed E-state index contributed by atoms with van der Waals surface area (Å²) >= 11 is 0. The van der Waals surface area contributed by atoms with Crippen molar-refractivity contribution < 1.29 is 9.47 Å². The molecule has 0 bridgehead atoms. The molecular formula is C14H18N4O2. The smallest absolute Gasteiger partial charge is 0.143 e. The fraction of sp³-hybridized carbons (Fsp3) is 0.571. The molecule has 6 heteroatoms. The molecule has 0 aliphatic carbocycles. The van der Waals surface area contributed by atoms with E-state index in [2.05, 4.69) is 9.88 Å². The second kappa shape index (κ2) is 5.65. The molecule has 0 radical (unpaired) electrons. The lowest BCUT2D eigenvalue weighted by atomic mass is 10.1. The van der Waals surface area contributed by atoms with E-state index in [0.717, 1.165) is 45.0 Å². The van der Waals surface area contributed by atoms with Crippen molar-refractivity contribution in [3.8, 4) is 6.07 Å². The molecule has 2 N–H and O–H groups in total. The highest BCUT2D eigenvalue weighted by atomic mass is 16.6. The maximum Gasteiger partial charge on any atom is 0.143 e. The van der Waals surface area contributed by atoms with Crippen LogP contribution < -0.4 is 10.6 Å². The summed E-state index contributed by atoms with van der Waals surface area (Å²) in [4.78, 5) is 6.49. The van der Waals surface area contributed by atoms with Crippen LogP contribution in [0.5, 0.6) is 0 Å². The van der Waals surface area contributed by atoms with Gasteiger partial charge in [0.15, 0.2) is 0 Å². The first-order valence-corrected chi connectivity index (χ1v) is 6.91. The fourth-order valence-electron chi connectivity index (χ4n) is 2.52. The van der Waals surface area contributed by atoms with E-state index in [1.165, 1.54) is 0 Å². The van der Waals surface area contributed by atoms with Crippen molar-refractivity contribution in [1.82, 2.24) is 4.98 Å². The van der Waals surface area contributed by atoms with E-state index in [4.69, 9.17) is 20.5 Å². The zero-order valence-electron chi connectivity index (χ0n) is 11.3. The first kappa shape index (κ1) is 13.2. The van der Waals surface area contributed by atoms with Crippen molar-refractivity contribution in [3.05, 3.63) is 17.7 Å². The Kier molecular flexibility index (Phi) is 3.72. The van der Waals surface area contributed by atoms with Crippen LogP contribution in [0.3, 0.4) is 0 Å². The monoisotopic (exact) mass is 274 g/mol. The predicted octanol–water partition coefficient (Wildman–Crippen LogP) is 0.920. The summed E-state index contributed by atoms with van der Waals surface area (Å²) in [5.74, 6) is 1.14. The Morgan fingerprint density at radius 1 is 1.30 bits per heavy atom. The first-order chi connectivity index (χ1) is 9.76. The number of nitriles is 1. The van der Waals surface area contributed by atoms with Gasteiger partial charge < -0.3 is 20.1 Å². The van der Waals surface area contributed by atoms with Crippen LogP contribution in [0, 0.1) is 11.3 Å². The van der Waals surface area contributed by atoms with E-state index in [0.29, 0.717) is 17.5 Å². The SMILES string of the molecule is N#Cc1ccc(N2CCC(OC3COC3)CC2)nc1N. The third-order valence-electron chi connectivity index (χ3n) is 3.79. The third kappa shape index (κ3) is 2.69. The Balaban J connectivity index is 1.57. The molecule has 0 aromatic carbocycles. The van der Waals surface area contributed by atoms with Gasteiger partial charge in [0.05, 0.1) is 24.9 Å². The number of hydrogen-bond donors (Lipinski definition) is 1. The Labute approximate surface area is 118 Å². The third-order valence-corrected chi connectivity index (χ3v) is 3.79. The molecule has 1 aromatic heterocycles. The summed E-state index contributed by atoms with van der Waals surface area (Å²) in [5, 5.41) is 8.86. The molecule has 2 aliphatic rings. The van der Waals surface area contributed by atoms with E-state index in [1.807, 2.05) is 12.1 Å². The molecule has 106 valence electrons. The van der Waals surface area contributed by atoms with Gasteiger partial charge in [0.25, 0.3) is 0 Å². The summed E-state index contributed by atoms with van der Waals surface area (Å²) in [7, 11) is 0. The van der Waals surface area contributed by atoms with E-state index >= 15 is 0 Å². The Morgan fingerprint density at radius 3 is 2.60 bits per heavy atom. The molecule has 0 unspecified atom stereocenters. The molecule has 2 fully saturated rings. The molecule has 20 heavy (non-hydrogen) atoms. The molecule has 1 aromatic rings. The normalized spacial score (nSPS) is 20.4. The molecule has 0 atom stereocenters. The van der Waals surface area contributed by atoms with Gasteiger partial charge in [-0.25, -0.2) is 4.98 Å². The second-order valence-electron chi connectivity index (χ2n) is 5.20. The van der Waals surface area contributed by atoms with Gasteiger partial charge in [-0.15, -0.1) is 0 Å². The molecule has 0 amide bonds. The van der Waals surface area contributed by atoms with Gasteiger partial charge in [-0.3, -0.25) is 0 Å². The summed E-state index contributed by atoms with van der Waals surface area (Å²) in [6, 6.07) is 5.61. The quantitative estimate of drug-likeness (QED) is 0.882. The zero-order chi connectivity index (χ0) is 13.9. The van der Waals surface area contributed by atoms with Gasteiger partial charge >= 0.3 is 0 Å². The van der Waals surface area contributed by atoms with E-state index in [1.54, 1.807) is 6.07 Å². The number of aromatic nitrogens is 1. The number of rotatable bonds is 3. The van der Waals surface area contributed by atoms with Gasteiger partial charge in [-0.1, -0.05) is 0 Å². The zero-order valence-corrected chi connectivity index (χ0v) is 11.3. The average Bonchev–Trinajstić information content (AvgIpc) is 2.43. The van der Waals surface area contributed by atoms with Crippen LogP contribution in [-0.2, 0) is 9.47 Å². The molecule has 6 nitrogen and oxygen atoms in total. The van der Waals surface area contributed by atoms with Crippen LogP contribution in [0.15, 0.2) is 12.1 Å². The minimum atomic E-state index is 0.287. The van der Waals surface area contributed by atoms with Crippen LogP contribution in [0.2, 0.25) is 0 Å². The van der Waals surface area contributed by atoms with Crippen molar-refractivity contribution in [2.75, 3.05) is 36.9 Å². The number of ether oxygens (including phenoxy) is 2. The maximum absolute atomic E-state index is 8.86. The minimum Gasteiger partial charge on any atom is -0.383 e. The van der Waals surface area contributed by atoms with Crippen LogP contribution in [0.4, 0.5) is 11.6 Å². The van der Waals surface area contributed by atoms with Crippen molar-refractivity contribution in [3.63, 3.8) is 0 Å². The van der Waals surface area contributed by atoms with E-state index < -0.39 is 0 Å². The van der Waals surface area contributed by atoms with Crippen molar-refractivity contribution in [1.29, 1.82) is 5.26 Å². The number of hydrogen-bond acceptors (Lipinski definition) is 6. The summed E-state index contributed by atoms with van der Waals surface area (Å²) in [6.07, 6.45) is 2.57. The molecule has 0 spiro atoms. The highest BCUT2D eigenvalue weighted by Gasteiger charge is 2.27. The molecule has 2 saturated heterocycles. The van der Waals surface area contributed by atoms with Crippen molar-refractivity contribution in [2.45, 2.75) is 25.0 Å². The van der Waals surface area contributed by atoms with Crippen molar-refractivity contribution in [2.24, 2.45) is 0 Å². The predicted molar refractivity (Wildman–Crippen MR) is 74.3 cm³/mol. The highest BCUT2D eigenvalue weighted by Crippen LogP contribution is 2.23. The largest absolute Gasteiger partial charge is 0.383 e. The average molecular weight is 274 g/mol. The van der Waals surface area contributed by atoms with Crippen molar-refractivity contribution >= 4 is 11.6 Å². The summed E-state index contributed by atoms with van der Waals surface area (Å²) in [5.41, 5.74) is 6.19. The van der Waals surface area contributed by atoms with Crippen LogP contribution in [0.25, 0.3) is 0 Å². The van der Waals surface area contributed by atoms with Gasteiger partial charge in [0.1, 0.15) is 23.8 Å². The maximum atomic E-state index is 8.86. The summed E-state index contributed by atoms with van der Waals surface area (Å²) < 4.78 is 11.0. The molecule has 2 aliphatic heterocycles. The fourth-order valence-corrected chi connectivity index (χ4v) is 2.52. The Hall–Kier alpha value is -1.84. The van der Waals surface area contributed by atoms with Crippen LogP contribution in [-0.4, -0.2) is 43.5 Å². The minimum absolute atomic E-state index is 0.287. The lowest BCUT2D eigenvalue weighted by molar-refractivity contribution is -0.157. The Morgan fingerprint density at radius 2 is 2.05 bits per heavy atom. The molecular weight excluding hydrogens is 256 g/mol. The summed E-state index contributed by atoms with van der Waals surface area (Å²) in [6.45, 7) is 3.26. The van der Waals surface area contributed by atoms with Crippen LogP contribution in [0.1, 0.15) is 18.4 Å². The van der Waals surface area contributed by atoms with Crippen LogP contribution >= 0.6 is 0 Å². The molecule has 0 saturated carbocycles. The topological polar surface area (TPSA) is 84.4 Å². The van der Waals surface area contributed by atoms with E-state index in [9.17, 15) is 0 Å². The van der Waals surface area contributed by atoms with Gasteiger partial charge in [-0.05, 0) is 25.0 Å². The number of nitrogens with two attached hydrogens (primary N) is 1. The lowest BCUT2D eigenvalue weighted by Gasteiger charge is -2.36. The van der Waals surface area contributed by atoms with Gasteiger partial charge in [0.2, 0.25) is 0 Å².